The van der Waals surface area contributed by atoms with Crippen molar-refractivity contribution in [3.8, 4) is 41.2 Å². The molecule has 0 amide bonds. The number of benzene rings is 2. The first-order valence-electron chi connectivity index (χ1n) is 10.7. The van der Waals surface area contributed by atoms with Crippen LogP contribution in [0.3, 0.4) is 0 Å². The van der Waals surface area contributed by atoms with E-state index in [4.69, 9.17) is 15.9 Å². The Bertz CT molecular complexity index is 1490. The van der Waals surface area contributed by atoms with Crippen LogP contribution in [0.4, 0.5) is 14.6 Å². The van der Waals surface area contributed by atoms with Crippen molar-refractivity contribution in [2.45, 2.75) is 6.92 Å². The number of aliphatic hydroxyl groups is 1. The maximum absolute atomic E-state index is 16.2. The number of aromatic nitrogens is 3. The first-order chi connectivity index (χ1) is 16.8. The van der Waals surface area contributed by atoms with Gasteiger partial charge in [0.1, 0.15) is 34.0 Å². The third kappa shape index (κ3) is 4.11. The summed E-state index contributed by atoms with van der Waals surface area (Å²) >= 11 is 0. The van der Waals surface area contributed by atoms with Crippen LogP contribution in [-0.2, 0) is 0 Å². The third-order valence-electron chi connectivity index (χ3n) is 5.43. The Morgan fingerprint density at radius 3 is 2.57 bits per heavy atom. The van der Waals surface area contributed by atoms with E-state index in [1.54, 1.807) is 18.9 Å². The van der Waals surface area contributed by atoms with Crippen LogP contribution in [0.15, 0.2) is 24.3 Å². The van der Waals surface area contributed by atoms with E-state index in [9.17, 15) is 14.6 Å². The van der Waals surface area contributed by atoms with Crippen LogP contribution in [0.5, 0.6) is 17.6 Å². The lowest BCUT2D eigenvalue weighted by atomic mass is 9.95. The van der Waals surface area contributed by atoms with E-state index in [-0.39, 0.29) is 76.3 Å². The van der Waals surface area contributed by atoms with Crippen molar-refractivity contribution in [3.05, 3.63) is 41.5 Å². The van der Waals surface area contributed by atoms with Crippen LogP contribution >= 0.6 is 0 Å². The lowest BCUT2D eigenvalue weighted by Crippen LogP contribution is -2.23. The van der Waals surface area contributed by atoms with Gasteiger partial charge >= 0.3 is 6.01 Å². The van der Waals surface area contributed by atoms with E-state index in [0.29, 0.717) is 5.39 Å². The molecule has 2 aromatic heterocycles. The summed E-state index contributed by atoms with van der Waals surface area (Å²) in [4.78, 5) is 14.5. The molecule has 0 aliphatic rings. The second-order valence-corrected chi connectivity index (χ2v) is 7.57. The van der Waals surface area contributed by atoms with Crippen LogP contribution in [0.25, 0.3) is 32.9 Å². The standard InChI is InChI=1S/C25H22F2N4O4/c1-5-15-17(26)8-7-13-11-14(33)12-16(18(13)15)21-20(27)22-19(24(28-21)34-4)23(31(3)9-10-32)30-25(29-22)35-6-2/h1,7-8,11-12,32-33H,6,9-10H2,2-4H3. The predicted molar refractivity (Wildman–Crippen MR) is 128 cm³/mol. The van der Waals surface area contributed by atoms with Crippen LogP contribution in [0.2, 0.25) is 0 Å². The van der Waals surface area contributed by atoms with Gasteiger partial charge in [-0.1, -0.05) is 12.0 Å². The number of phenols is 1. The van der Waals surface area contributed by atoms with Crippen LogP contribution in [0, 0.1) is 24.0 Å². The van der Waals surface area contributed by atoms with Gasteiger partial charge in [0.2, 0.25) is 5.88 Å². The topological polar surface area (TPSA) is 101 Å². The van der Waals surface area contributed by atoms with Gasteiger partial charge in [0.25, 0.3) is 0 Å². The number of rotatable bonds is 7. The second kappa shape index (κ2) is 9.56. The first-order valence-corrected chi connectivity index (χ1v) is 10.7. The molecule has 0 spiro atoms. The number of likely N-dealkylation sites (N-methyl/N-ethyl adjacent to an activating group) is 1. The second-order valence-electron chi connectivity index (χ2n) is 7.57. The number of halogens is 2. The quantitative estimate of drug-likeness (QED) is 0.387. The Labute approximate surface area is 199 Å². The Balaban J connectivity index is 2.15. The Hall–Kier alpha value is -4.23. The normalized spacial score (nSPS) is 11.0. The number of fused-ring (bicyclic) bond motifs is 2. The smallest absolute Gasteiger partial charge is 0.319 e. The number of terminal acetylenes is 1. The molecule has 0 fully saturated rings. The van der Waals surface area contributed by atoms with Gasteiger partial charge in [-0.2, -0.15) is 9.97 Å². The van der Waals surface area contributed by atoms with Gasteiger partial charge in [-0.15, -0.1) is 6.42 Å². The molecule has 0 aliphatic heterocycles. The molecule has 0 unspecified atom stereocenters. The van der Waals surface area contributed by atoms with E-state index in [2.05, 4.69) is 20.9 Å². The summed E-state index contributed by atoms with van der Waals surface area (Å²) in [5.74, 6) is 0.782. The van der Waals surface area contributed by atoms with Gasteiger partial charge in [0, 0.05) is 24.5 Å². The van der Waals surface area contributed by atoms with Crippen molar-refractivity contribution in [1.82, 2.24) is 15.0 Å². The highest BCUT2D eigenvalue weighted by atomic mass is 19.1. The Kier molecular flexibility index (Phi) is 6.53. The van der Waals surface area contributed by atoms with Crippen molar-refractivity contribution < 1.29 is 28.5 Å². The summed E-state index contributed by atoms with van der Waals surface area (Å²) in [6, 6.07) is 5.17. The highest BCUT2D eigenvalue weighted by Gasteiger charge is 2.26. The van der Waals surface area contributed by atoms with Crippen molar-refractivity contribution in [3.63, 3.8) is 0 Å². The van der Waals surface area contributed by atoms with E-state index in [0.717, 1.165) is 0 Å². The van der Waals surface area contributed by atoms with Gasteiger partial charge in [0.05, 0.1) is 25.9 Å². The van der Waals surface area contributed by atoms with E-state index >= 15 is 4.39 Å². The average molecular weight is 480 g/mol. The number of hydrogen-bond acceptors (Lipinski definition) is 8. The highest BCUT2D eigenvalue weighted by Crippen LogP contribution is 2.41. The number of hydrogen-bond donors (Lipinski definition) is 2. The zero-order valence-corrected chi connectivity index (χ0v) is 19.3. The molecule has 35 heavy (non-hydrogen) atoms. The Morgan fingerprint density at radius 2 is 1.91 bits per heavy atom. The summed E-state index contributed by atoms with van der Waals surface area (Å²) in [7, 11) is 3.01. The van der Waals surface area contributed by atoms with E-state index in [1.165, 1.54) is 31.4 Å². The van der Waals surface area contributed by atoms with Crippen LogP contribution < -0.4 is 14.4 Å². The lowest BCUT2D eigenvalue weighted by molar-refractivity contribution is 0.302. The molecule has 180 valence electrons. The molecule has 10 heteroatoms. The molecule has 2 heterocycles. The zero-order valence-electron chi connectivity index (χ0n) is 19.3. The van der Waals surface area contributed by atoms with Crippen LogP contribution in [-0.4, -0.2) is 59.1 Å². The molecular weight excluding hydrogens is 458 g/mol. The Morgan fingerprint density at radius 1 is 1.14 bits per heavy atom. The number of methoxy groups -OCH3 is 1. The van der Waals surface area contributed by atoms with Crippen molar-refractivity contribution in [2.75, 3.05) is 38.8 Å². The number of pyridine rings is 1. The molecule has 2 N–H and O–H groups in total. The molecule has 8 nitrogen and oxygen atoms in total. The van der Waals surface area contributed by atoms with Crippen molar-refractivity contribution in [2.24, 2.45) is 0 Å². The zero-order chi connectivity index (χ0) is 25.3. The molecule has 0 radical (unpaired) electrons. The summed E-state index contributed by atoms with van der Waals surface area (Å²) in [5.41, 5.74) is -0.458. The van der Waals surface area contributed by atoms with Crippen molar-refractivity contribution >= 4 is 27.5 Å². The fourth-order valence-corrected chi connectivity index (χ4v) is 3.91. The third-order valence-corrected chi connectivity index (χ3v) is 5.43. The molecule has 0 bridgehead atoms. The maximum atomic E-state index is 16.2. The van der Waals surface area contributed by atoms with Crippen molar-refractivity contribution in [1.29, 1.82) is 0 Å². The first kappa shape index (κ1) is 23.9. The minimum atomic E-state index is -0.873. The highest BCUT2D eigenvalue weighted by molar-refractivity contribution is 6.04. The number of anilines is 1. The minimum absolute atomic E-state index is 0.0191. The molecule has 4 aromatic rings. The number of aliphatic hydroxyl groups excluding tert-OH is 1. The lowest BCUT2D eigenvalue weighted by Gasteiger charge is -2.21. The fourth-order valence-electron chi connectivity index (χ4n) is 3.91. The molecule has 0 aliphatic carbocycles. The summed E-state index contributed by atoms with van der Waals surface area (Å²) < 4.78 is 41.6. The predicted octanol–water partition coefficient (Wildman–Crippen LogP) is 3.65. The number of nitrogens with zero attached hydrogens (tertiary/aromatic N) is 4. The number of phenolic OH excluding ortho intramolecular Hbond substituents is 1. The summed E-state index contributed by atoms with van der Waals surface area (Å²) in [5, 5.41) is 20.5. The molecule has 4 rings (SSSR count). The largest absolute Gasteiger partial charge is 0.508 e. The van der Waals surface area contributed by atoms with Crippen LogP contribution in [0.1, 0.15) is 12.5 Å². The van der Waals surface area contributed by atoms with Gasteiger partial charge in [-0.25, -0.2) is 13.8 Å². The molecule has 0 saturated carbocycles. The molecule has 0 saturated heterocycles. The number of ether oxygens (including phenoxy) is 2. The molecule has 0 atom stereocenters. The molecular formula is C25H22F2N4O4. The monoisotopic (exact) mass is 480 g/mol. The maximum Gasteiger partial charge on any atom is 0.319 e. The molecule has 2 aromatic carbocycles. The minimum Gasteiger partial charge on any atom is -0.508 e. The number of aromatic hydroxyl groups is 1. The summed E-state index contributed by atoms with van der Waals surface area (Å²) in [6.45, 7) is 1.96. The van der Waals surface area contributed by atoms with E-state index < -0.39 is 11.6 Å². The van der Waals surface area contributed by atoms with Gasteiger partial charge < -0.3 is 24.6 Å². The van der Waals surface area contributed by atoms with E-state index in [1.807, 2.05) is 0 Å². The SMILES string of the molecule is C#Cc1c(F)ccc2cc(O)cc(-c3nc(OC)c4c(N(C)CCO)nc(OCC)nc4c3F)c12. The fraction of sp³-hybridized carbons (Fsp3) is 0.240. The average Bonchev–Trinajstić information content (AvgIpc) is 2.84. The van der Waals surface area contributed by atoms with Gasteiger partial charge in [0.15, 0.2) is 5.82 Å². The van der Waals surface area contributed by atoms with Gasteiger partial charge in [-0.05, 0) is 30.5 Å². The van der Waals surface area contributed by atoms with Gasteiger partial charge in [-0.3, -0.25) is 0 Å². The summed E-state index contributed by atoms with van der Waals surface area (Å²) in [6.07, 6.45) is 5.57.